The number of nitrogens with two attached hydrogens (primary N) is 1. The number of aromatic nitrogens is 3. The number of rotatable bonds is 4. The van der Waals surface area contributed by atoms with Crippen LogP contribution in [0.15, 0.2) is 30.6 Å². The van der Waals surface area contributed by atoms with Crippen molar-refractivity contribution in [3.05, 3.63) is 36.4 Å². The van der Waals surface area contributed by atoms with Crippen LogP contribution < -0.4 is 11.1 Å². The molecule has 0 radical (unpaired) electrons. The Labute approximate surface area is 94.3 Å². The van der Waals surface area contributed by atoms with Gasteiger partial charge in [0.2, 0.25) is 0 Å². The van der Waals surface area contributed by atoms with Crippen molar-refractivity contribution >= 4 is 11.4 Å². The molecule has 0 aliphatic carbocycles. The molecule has 0 saturated carbocycles. The second-order valence-corrected chi connectivity index (χ2v) is 3.51. The van der Waals surface area contributed by atoms with Crippen LogP contribution >= 0.6 is 0 Å². The maximum atomic E-state index is 5.69. The van der Waals surface area contributed by atoms with Crippen molar-refractivity contribution in [2.45, 2.75) is 20.0 Å². The highest BCUT2D eigenvalue weighted by molar-refractivity contribution is 5.53. The number of aryl methyl sites for hydroxylation is 1. The molecule has 0 amide bonds. The molecule has 0 aliphatic heterocycles. The second kappa shape index (κ2) is 4.65. The molecular weight excluding hydrogens is 202 g/mol. The Morgan fingerprint density at radius 1 is 1.44 bits per heavy atom. The minimum absolute atomic E-state index is 0.650. The van der Waals surface area contributed by atoms with Crippen molar-refractivity contribution in [3.8, 4) is 0 Å². The van der Waals surface area contributed by atoms with Gasteiger partial charge in [-0.05, 0) is 25.1 Å². The van der Waals surface area contributed by atoms with Crippen molar-refractivity contribution in [2.75, 3.05) is 11.1 Å². The van der Waals surface area contributed by atoms with Gasteiger partial charge in [-0.1, -0.05) is 6.07 Å². The molecule has 0 bridgehead atoms. The van der Waals surface area contributed by atoms with E-state index in [0.717, 1.165) is 23.7 Å². The third-order valence-electron chi connectivity index (χ3n) is 2.37. The number of benzene rings is 1. The number of hydrogen-bond acceptors (Lipinski definition) is 4. The lowest BCUT2D eigenvalue weighted by Gasteiger charge is -2.07. The first-order valence-corrected chi connectivity index (χ1v) is 5.25. The first kappa shape index (κ1) is 10.5. The highest BCUT2D eigenvalue weighted by Crippen LogP contribution is 2.12. The van der Waals surface area contributed by atoms with Crippen LogP contribution in [-0.2, 0) is 13.1 Å². The number of hydrogen-bond donors (Lipinski definition) is 2. The van der Waals surface area contributed by atoms with Crippen LogP contribution in [0.25, 0.3) is 0 Å². The van der Waals surface area contributed by atoms with Crippen LogP contribution in [0.3, 0.4) is 0 Å². The van der Waals surface area contributed by atoms with Gasteiger partial charge in [0.1, 0.15) is 6.33 Å². The summed E-state index contributed by atoms with van der Waals surface area (Å²) < 4.78 is 2.00. The fourth-order valence-corrected chi connectivity index (χ4v) is 1.51. The fraction of sp³-hybridized carbons (Fsp3) is 0.273. The molecule has 1 aromatic heterocycles. The maximum Gasteiger partial charge on any atom is 0.152 e. The van der Waals surface area contributed by atoms with E-state index in [1.165, 1.54) is 0 Å². The molecule has 0 aliphatic rings. The predicted octanol–water partition coefficient (Wildman–Crippen LogP) is 1.49. The van der Waals surface area contributed by atoms with Gasteiger partial charge in [-0.15, -0.1) is 10.2 Å². The molecule has 1 heterocycles. The van der Waals surface area contributed by atoms with E-state index in [2.05, 4.69) is 22.4 Å². The number of nitrogens with one attached hydrogen (secondary N) is 1. The molecule has 5 heteroatoms. The summed E-state index contributed by atoms with van der Waals surface area (Å²) in [6.45, 7) is 3.59. The third kappa shape index (κ3) is 2.31. The summed E-state index contributed by atoms with van der Waals surface area (Å²) in [5.74, 6) is 0.921. The smallest absolute Gasteiger partial charge is 0.152 e. The molecule has 3 N–H and O–H groups in total. The van der Waals surface area contributed by atoms with E-state index in [-0.39, 0.29) is 0 Å². The van der Waals surface area contributed by atoms with Crippen molar-refractivity contribution in [2.24, 2.45) is 0 Å². The van der Waals surface area contributed by atoms with Crippen molar-refractivity contribution < 1.29 is 0 Å². The molecule has 5 nitrogen and oxygen atoms in total. The van der Waals surface area contributed by atoms with Gasteiger partial charge in [0.15, 0.2) is 5.82 Å². The Morgan fingerprint density at radius 2 is 2.31 bits per heavy atom. The predicted molar refractivity (Wildman–Crippen MR) is 63.9 cm³/mol. The monoisotopic (exact) mass is 217 g/mol. The second-order valence-electron chi connectivity index (χ2n) is 3.51. The number of nitrogen functional groups attached to an aromatic ring is 1. The lowest BCUT2D eigenvalue weighted by molar-refractivity contribution is 0.708. The van der Waals surface area contributed by atoms with E-state index in [0.29, 0.717) is 6.54 Å². The maximum absolute atomic E-state index is 5.69. The van der Waals surface area contributed by atoms with Crippen LogP contribution in [0, 0.1) is 0 Å². The minimum Gasteiger partial charge on any atom is -0.399 e. The Morgan fingerprint density at radius 3 is 3.06 bits per heavy atom. The van der Waals surface area contributed by atoms with Gasteiger partial charge in [0.05, 0.1) is 6.54 Å². The van der Waals surface area contributed by atoms with Crippen LogP contribution in [0.5, 0.6) is 0 Å². The molecule has 0 unspecified atom stereocenters. The summed E-state index contributed by atoms with van der Waals surface area (Å²) in [6, 6.07) is 7.65. The van der Waals surface area contributed by atoms with E-state index >= 15 is 0 Å². The summed E-state index contributed by atoms with van der Waals surface area (Å²) in [6.07, 6.45) is 1.73. The van der Waals surface area contributed by atoms with E-state index in [1.54, 1.807) is 6.33 Å². The van der Waals surface area contributed by atoms with E-state index in [1.807, 2.05) is 28.8 Å². The zero-order valence-corrected chi connectivity index (χ0v) is 9.22. The summed E-state index contributed by atoms with van der Waals surface area (Å²) in [4.78, 5) is 0. The van der Waals surface area contributed by atoms with Gasteiger partial charge in [0.25, 0.3) is 0 Å². The zero-order valence-electron chi connectivity index (χ0n) is 9.22. The summed E-state index contributed by atoms with van der Waals surface area (Å²) >= 11 is 0. The first-order chi connectivity index (χ1) is 7.79. The molecule has 2 aromatic rings. The van der Waals surface area contributed by atoms with Crippen LogP contribution in [0.2, 0.25) is 0 Å². The largest absolute Gasteiger partial charge is 0.399 e. The molecule has 16 heavy (non-hydrogen) atoms. The SMILES string of the molecule is CCn1cnnc1CNc1cccc(N)c1. The number of anilines is 2. The summed E-state index contributed by atoms with van der Waals surface area (Å²) in [5.41, 5.74) is 7.43. The Balaban J connectivity index is 2.02. The summed E-state index contributed by atoms with van der Waals surface area (Å²) in [7, 11) is 0. The molecule has 0 fully saturated rings. The molecule has 2 rings (SSSR count). The molecule has 1 aromatic carbocycles. The van der Waals surface area contributed by atoms with Gasteiger partial charge in [-0.2, -0.15) is 0 Å². The van der Waals surface area contributed by atoms with Gasteiger partial charge in [-0.3, -0.25) is 0 Å². The van der Waals surface area contributed by atoms with E-state index in [4.69, 9.17) is 5.73 Å². The average molecular weight is 217 g/mol. The van der Waals surface area contributed by atoms with Crippen LogP contribution in [-0.4, -0.2) is 14.8 Å². The first-order valence-electron chi connectivity index (χ1n) is 5.25. The van der Waals surface area contributed by atoms with Crippen molar-refractivity contribution in [1.29, 1.82) is 0 Å². The van der Waals surface area contributed by atoms with Gasteiger partial charge in [-0.25, -0.2) is 0 Å². The highest BCUT2D eigenvalue weighted by Gasteiger charge is 2.01. The average Bonchev–Trinajstić information content (AvgIpc) is 2.74. The molecular formula is C11H15N5. The number of nitrogens with zero attached hydrogens (tertiary/aromatic N) is 3. The van der Waals surface area contributed by atoms with Gasteiger partial charge < -0.3 is 15.6 Å². The lowest BCUT2D eigenvalue weighted by atomic mass is 10.3. The standard InChI is InChI=1S/C11H15N5/c1-2-16-8-14-15-11(16)7-13-10-5-3-4-9(12)6-10/h3-6,8,13H,2,7,12H2,1H3. The lowest BCUT2D eigenvalue weighted by Crippen LogP contribution is -2.07. The zero-order chi connectivity index (χ0) is 11.4. The third-order valence-corrected chi connectivity index (χ3v) is 2.37. The van der Waals surface area contributed by atoms with Gasteiger partial charge >= 0.3 is 0 Å². The molecule has 0 saturated heterocycles. The highest BCUT2D eigenvalue weighted by atomic mass is 15.3. The quantitative estimate of drug-likeness (QED) is 0.761. The normalized spacial score (nSPS) is 10.3. The Bertz CT molecular complexity index is 463. The molecule has 0 spiro atoms. The van der Waals surface area contributed by atoms with E-state index in [9.17, 15) is 0 Å². The van der Waals surface area contributed by atoms with Gasteiger partial charge in [0, 0.05) is 17.9 Å². The minimum atomic E-state index is 0.650. The summed E-state index contributed by atoms with van der Waals surface area (Å²) in [5, 5.41) is 11.2. The Kier molecular flexibility index (Phi) is 3.05. The van der Waals surface area contributed by atoms with Crippen molar-refractivity contribution in [3.63, 3.8) is 0 Å². The molecule has 84 valence electrons. The van der Waals surface area contributed by atoms with E-state index < -0.39 is 0 Å². The van der Waals surface area contributed by atoms with Crippen LogP contribution in [0.4, 0.5) is 11.4 Å². The Hall–Kier alpha value is -2.04. The fourth-order valence-electron chi connectivity index (χ4n) is 1.51. The topological polar surface area (TPSA) is 68.8 Å². The van der Waals surface area contributed by atoms with Crippen molar-refractivity contribution in [1.82, 2.24) is 14.8 Å². The van der Waals surface area contributed by atoms with Crippen LogP contribution in [0.1, 0.15) is 12.7 Å². The molecule has 0 atom stereocenters.